The first-order valence-electron chi connectivity index (χ1n) is 12.9. The molecule has 0 aliphatic carbocycles. The molecule has 0 spiro atoms. The zero-order valence-electron chi connectivity index (χ0n) is 22.4. The number of nitrogens with zero attached hydrogens (tertiary/aromatic N) is 2. The van der Waals surface area contributed by atoms with Crippen molar-refractivity contribution in [2.24, 2.45) is 5.73 Å². The summed E-state index contributed by atoms with van der Waals surface area (Å²) in [6.45, 7) is 1.66. The van der Waals surface area contributed by atoms with E-state index in [-0.39, 0.29) is 49.5 Å². The molecule has 2 aromatic rings. The van der Waals surface area contributed by atoms with Crippen LogP contribution in [0.2, 0.25) is 10.8 Å². The van der Waals surface area contributed by atoms with Crippen LogP contribution in [0.25, 0.3) is 0 Å². The van der Waals surface area contributed by atoms with Crippen molar-refractivity contribution >= 4 is 48.3 Å². The van der Waals surface area contributed by atoms with E-state index >= 15 is 0 Å². The molecule has 2 aromatic carbocycles. The van der Waals surface area contributed by atoms with Gasteiger partial charge in [0.25, 0.3) is 0 Å². The lowest BCUT2D eigenvalue weighted by atomic mass is 9.64. The maximum Gasteiger partial charge on any atom is 0.526 e. The van der Waals surface area contributed by atoms with E-state index in [0.717, 1.165) is 6.07 Å². The second-order valence-electron chi connectivity index (χ2n) is 9.95. The Morgan fingerprint density at radius 3 is 2.55 bits per heavy atom. The van der Waals surface area contributed by atoms with E-state index in [1.165, 1.54) is 11.0 Å². The number of aromatic hydroxyl groups is 2. The van der Waals surface area contributed by atoms with Crippen LogP contribution in [0.5, 0.6) is 17.2 Å². The zero-order valence-corrected chi connectivity index (χ0v) is 23.1. The minimum Gasteiger partial charge on any atom is -0.535 e. The molecule has 0 bridgehead atoms. The van der Waals surface area contributed by atoms with E-state index < -0.39 is 71.5 Å². The van der Waals surface area contributed by atoms with Crippen molar-refractivity contribution in [3.63, 3.8) is 0 Å². The fourth-order valence-electron chi connectivity index (χ4n) is 5.00. The molecule has 2 atom stereocenters. The number of carbonyl (C=O) groups is 5. The zero-order chi connectivity index (χ0) is 30.9. The number of phenolic OH excluding ortho intramolecular Hbond substituents is 2. The predicted octanol–water partition coefficient (Wildman–Crippen LogP) is 0.583. The number of nitrogens with two attached hydrogens (primary N) is 1. The lowest BCUT2D eigenvalue weighted by Gasteiger charge is -2.33. The van der Waals surface area contributed by atoms with Crippen molar-refractivity contribution in [3.8, 4) is 17.2 Å². The largest absolute Gasteiger partial charge is 0.535 e. The number of aryl methyl sites for hydroxylation is 1. The molecule has 0 aromatic heterocycles. The highest BCUT2D eigenvalue weighted by atomic mass is 35.5. The lowest BCUT2D eigenvalue weighted by molar-refractivity contribution is -0.153. The highest BCUT2D eigenvalue weighted by molar-refractivity contribution is 6.47. The Bertz CT molecular complexity index is 1470. The van der Waals surface area contributed by atoms with Crippen LogP contribution in [0, 0.1) is 6.92 Å². The number of carboxylic acids is 1. The second-order valence-corrected chi connectivity index (χ2v) is 10.3. The molecular formula is C26H28BClN4O10. The molecule has 1 fully saturated rings. The van der Waals surface area contributed by atoms with Crippen LogP contribution in [0.4, 0.5) is 4.79 Å². The third-order valence-electron chi connectivity index (χ3n) is 7.23. The standard InChI is InChI=1S/C26H28BClN4O10/c1-12-2-3-13-10-14(27(41)42-22(13)18(12)25(38)39)11-17(34)20(15-4-5-16(33)21(35)19(15)28)30-26(40)32-9-8-31(7-6-29)23(36)24(32)37/h2-5,14,20,33,35,41H,6-11,29H2,1H3,(H,30,40)(H,38,39)/t14-,20-/m1/s1. The Morgan fingerprint density at radius 2 is 1.88 bits per heavy atom. The van der Waals surface area contributed by atoms with Gasteiger partial charge < -0.3 is 40.9 Å². The first-order chi connectivity index (χ1) is 19.8. The Balaban J connectivity index is 1.61. The molecule has 222 valence electrons. The summed E-state index contributed by atoms with van der Waals surface area (Å²) in [5, 5.41) is 42.3. The number of nitrogens with one attached hydrogen (secondary N) is 1. The van der Waals surface area contributed by atoms with Crippen molar-refractivity contribution < 1.29 is 49.0 Å². The van der Waals surface area contributed by atoms with E-state index in [1.807, 2.05) is 0 Å². The number of fused-ring (bicyclic) bond motifs is 1. The predicted molar refractivity (Wildman–Crippen MR) is 147 cm³/mol. The van der Waals surface area contributed by atoms with Gasteiger partial charge in [0.15, 0.2) is 17.3 Å². The minimum absolute atomic E-state index is 0.00740. The molecule has 1 saturated heterocycles. The van der Waals surface area contributed by atoms with E-state index in [4.69, 9.17) is 22.0 Å². The number of hydrogen-bond donors (Lipinski definition) is 6. The molecule has 2 aliphatic heterocycles. The average molecular weight is 603 g/mol. The summed E-state index contributed by atoms with van der Waals surface area (Å²) in [5.41, 5.74) is 6.09. The number of halogens is 1. The number of amides is 4. The number of urea groups is 1. The molecule has 4 rings (SSSR count). The lowest BCUT2D eigenvalue weighted by Crippen LogP contribution is -2.59. The van der Waals surface area contributed by atoms with Gasteiger partial charge in [0.1, 0.15) is 17.4 Å². The van der Waals surface area contributed by atoms with Crippen LogP contribution in [-0.4, -0.2) is 93.0 Å². The van der Waals surface area contributed by atoms with Gasteiger partial charge in [0.2, 0.25) is 0 Å². The van der Waals surface area contributed by atoms with E-state index in [9.17, 15) is 44.3 Å². The maximum atomic E-state index is 13.7. The summed E-state index contributed by atoms with van der Waals surface area (Å²) in [4.78, 5) is 65.5. The second kappa shape index (κ2) is 12.3. The maximum absolute atomic E-state index is 13.7. The van der Waals surface area contributed by atoms with Crippen LogP contribution in [0.15, 0.2) is 24.3 Å². The third kappa shape index (κ3) is 5.84. The summed E-state index contributed by atoms with van der Waals surface area (Å²) in [7, 11) is -1.59. The number of piperazine rings is 1. The normalized spacial score (nSPS) is 17.4. The Morgan fingerprint density at radius 1 is 1.17 bits per heavy atom. The average Bonchev–Trinajstić information content (AvgIpc) is 2.93. The van der Waals surface area contributed by atoms with Gasteiger partial charge in [-0.05, 0) is 30.5 Å². The van der Waals surface area contributed by atoms with Crippen LogP contribution in [0.3, 0.4) is 0 Å². The fourth-order valence-corrected chi connectivity index (χ4v) is 5.27. The Hall–Kier alpha value is -4.34. The van der Waals surface area contributed by atoms with Crippen LogP contribution >= 0.6 is 11.6 Å². The first kappa shape index (κ1) is 30.6. The van der Waals surface area contributed by atoms with E-state index in [2.05, 4.69) is 5.32 Å². The van der Waals surface area contributed by atoms with Gasteiger partial charge in [0.05, 0.1) is 5.02 Å². The number of hydrogen-bond acceptors (Lipinski definition) is 10. The summed E-state index contributed by atoms with van der Waals surface area (Å²) in [6, 6.07) is 2.76. The Kier molecular flexibility index (Phi) is 8.94. The van der Waals surface area contributed by atoms with Gasteiger partial charge in [-0.3, -0.25) is 19.3 Å². The number of Topliss-reactive ketones (excluding diaryl/α,β-unsaturated/α-hetero) is 1. The quantitative estimate of drug-likeness (QED) is 0.139. The monoisotopic (exact) mass is 602 g/mol. The third-order valence-corrected chi connectivity index (χ3v) is 7.62. The van der Waals surface area contributed by atoms with Gasteiger partial charge in [0, 0.05) is 44.0 Å². The highest BCUT2D eigenvalue weighted by Crippen LogP contribution is 2.41. The smallest absolute Gasteiger partial charge is 0.526 e. The number of carbonyl (C=O) groups excluding carboxylic acids is 4. The van der Waals surface area contributed by atoms with Crippen molar-refractivity contribution in [1.29, 1.82) is 0 Å². The molecule has 4 amide bonds. The van der Waals surface area contributed by atoms with Crippen molar-refractivity contribution in [1.82, 2.24) is 15.1 Å². The topological polar surface area (TPSA) is 220 Å². The number of rotatable bonds is 8. The molecule has 2 heterocycles. The molecule has 14 nitrogen and oxygen atoms in total. The molecule has 16 heteroatoms. The van der Waals surface area contributed by atoms with Crippen LogP contribution < -0.4 is 15.7 Å². The number of phenols is 2. The number of ketones is 1. The van der Waals surface area contributed by atoms with Crippen molar-refractivity contribution in [2.45, 2.75) is 31.6 Å². The summed E-state index contributed by atoms with van der Waals surface area (Å²) in [6.07, 6.45) is -0.370. The highest BCUT2D eigenvalue weighted by Gasteiger charge is 2.42. The molecule has 0 radical (unpaired) electrons. The number of imide groups is 1. The summed E-state index contributed by atoms with van der Waals surface area (Å²) >= 11 is 6.22. The first-order valence-corrected chi connectivity index (χ1v) is 13.3. The molecule has 7 N–H and O–H groups in total. The molecule has 42 heavy (non-hydrogen) atoms. The fraction of sp³-hybridized carbons (Fsp3) is 0.346. The van der Waals surface area contributed by atoms with Crippen LogP contribution in [0.1, 0.15) is 39.5 Å². The minimum atomic E-state index is -1.59. The molecular weight excluding hydrogens is 575 g/mol. The molecule has 0 saturated carbocycles. The van der Waals surface area contributed by atoms with Gasteiger partial charge in [-0.15, -0.1) is 0 Å². The molecule has 0 unspecified atom stereocenters. The van der Waals surface area contributed by atoms with Crippen molar-refractivity contribution in [3.05, 3.63) is 51.5 Å². The number of carboxylic acid groups (broad SMARTS) is 1. The van der Waals surface area contributed by atoms with Crippen molar-refractivity contribution in [2.75, 3.05) is 26.2 Å². The summed E-state index contributed by atoms with van der Waals surface area (Å²) < 4.78 is 5.53. The number of aromatic carboxylic acids is 1. The van der Waals surface area contributed by atoms with Gasteiger partial charge in [-0.25, -0.2) is 9.59 Å². The van der Waals surface area contributed by atoms with Gasteiger partial charge >= 0.3 is 30.9 Å². The summed E-state index contributed by atoms with van der Waals surface area (Å²) in [5.74, 6) is -6.28. The Labute approximate surface area is 244 Å². The van der Waals surface area contributed by atoms with Gasteiger partial charge in [-0.2, -0.15) is 0 Å². The van der Waals surface area contributed by atoms with E-state index in [0.29, 0.717) is 16.0 Å². The SMILES string of the molecule is Cc1ccc2c(c1C(=O)O)OB(O)[C@@H](CC(=O)[C@H](NC(=O)N1CCN(CCN)C(=O)C1=O)c1ccc(O)c(O)c1Cl)C2. The molecule has 2 aliphatic rings. The number of benzene rings is 2. The van der Waals surface area contributed by atoms with Gasteiger partial charge in [-0.1, -0.05) is 29.8 Å². The van der Waals surface area contributed by atoms with Crippen LogP contribution in [-0.2, 0) is 20.8 Å². The van der Waals surface area contributed by atoms with E-state index in [1.54, 1.807) is 19.1 Å².